The van der Waals surface area contributed by atoms with E-state index < -0.39 is 79.1 Å². The molecule has 0 aliphatic carbocycles. The van der Waals surface area contributed by atoms with E-state index in [-0.39, 0.29) is 24.3 Å². The molecule has 4 atom stereocenters. The molecular weight excluding hydrogens is 556 g/mol. The molecule has 0 fully saturated rings. The van der Waals surface area contributed by atoms with E-state index in [1.54, 1.807) is 0 Å². The van der Waals surface area contributed by atoms with Crippen LogP contribution in [0.3, 0.4) is 0 Å². The number of phenolic OH excluding ortho intramolecular Hbond substituents is 2. The number of phenols is 2. The molecule has 0 spiro atoms. The number of nitrogens with one attached hydrogen (secondary N) is 3. The van der Waals surface area contributed by atoms with Gasteiger partial charge in [0.25, 0.3) is 0 Å². The smallest absolute Gasteiger partial charge is 0.326 e. The summed E-state index contributed by atoms with van der Waals surface area (Å²) in [5, 5.41) is 53.4. The first-order valence-electron chi connectivity index (χ1n) is 12.6. The lowest BCUT2D eigenvalue weighted by molar-refractivity contribution is -0.143. The summed E-state index contributed by atoms with van der Waals surface area (Å²) in [5.74, 6) is -7.41. The largest absolute Gasteiger partial charge is 0.508 e. The van der Waals surface area contributed by atoms with E-state index in [1.165, 1.54) is 48.5 Å². The molecule has 15 nitrogen and oxygen atoms in total. The molecule has 0 aliphatic rings. The van der Waals surface area contributed by atoms with Crippen LogP contribution in [-0.2, 0) is 41.6 Å². The van der Waals surface area contributed by atoms with Crippen molar-refractivity contribution in [3.05, 3.63) is 59.7 Å². The Hall–Kier alpha value is -5.18. The Bertz CT molecular complexity index is 1280. The van der Waals surface area contributed by atoms with Crippen molar-refractivity contribution in [3.63, 3.8) is 0 Å². The van der Waals surface area contributed by atoms with Gasteiger partial charge in [-0.3, -0.25) is 24.0 Å². The number of carboxylic acids is 3. The second kappa shape index (κ2) is 15.6. The van der Waals surface area contributed by atoms with Gasteiger partial charge in [-0.25, -0.2) is 4.79 Å². The zero-order valence-electron chi connectivity index (χ0n) is 22.2. The summed E-state index contributed by atoms with van der Waals surface area (Å²) in [7, 11) is 0. The second-order valence-electron chi connectivity index (χ2n) is 9.40. The van der Waals surface area contributed by atoms with Crippen LogP contribution in [0, 0.1) is 0 Å². The van der Waals surface area contributed by atoms with Gasteiger partial charge in [0, 0.05) is 12.8 Å². The van der Waals surface area contributed by atoms with Crippen molar-refractivity contribution < 1.29 is 54.3 Å². The van der Waals surface area contributed by atoms with E-state index in [4.69, 9.17) is 10.8 Å². The lowest BCUT2D eigenvalue weighted by Gasteiger charge is -2.24. The molecule has 2 rings (SSSR count). The molecule has 0 heterocycles. The molecule has 0 radical (unpaired) electrons. The van der Waals surface area contributed by atoms with E-state index in [2.05, 4.69) is 16.0 Å². The van der Waals surface area contributed by atoms with E-state index in [0.29, 0.717) is 11.1 Å². The lowest BCUT2D eigenvalue weighted by atomic mass is 10.0. The Labute approximate surface area is 239 Å². The predicted octanol–water partition coefficient (Wildman–Crippen LogP) is -0.911. The molecule has 4 unspecified atom stereocenters. The summed E-state index contributed by atoms with van der Waals surface area (Å²) in [5.41, 5.74) is 6.94. The van der Waals surface area contributed by atoms with E-state index in [0.717, 1.165) is 0 Å². The number of hydrogen-bond donors (Lipinski definition) is 9. The maximum absolute atomic E-state index is 13.0. The number of aromatic hydroxyl groups is 2. The summed E-state index contributed by atoms with van der Waals surface area (Å²) in [6.45, 7) is 0. The van der Waals surface area contributed by atoms with E-state index in [9.17, 15) is 49.2 Å². The third-order valence-electron chi connectivity index (χ3n) is 6.01. The molecule has 3 amide bonds. The average Bonchev–Trinajstić information content (AvgIpc) is 2.91. The Morgan fingerprint density at radius 1 is 0.619 bits per heavy atom. The quantitative estimate of drug-likeness (QED) is 0.115. The highest BCUT2D eigenvalue weighted by atomic mass is 16.4. The maximum atomic E-state index is 13.0. The Morgan fingerprint density at radius 2 is 1.07 bits per heavy atom. The predicted molar refractivity (Wildman–Crippen MR) is 144 cm³/mol. The van der Waals surface area contributed by atoms with Crippen molar-refractivity contribution in [3.8, 4) is 11.5 Å². The molecule has 15 heteroatoms. The van der Waals surface area contributed by atoms with Gasteiger partial charge < -0.3 is 47.2 Å². The molecular formula is C27H32N4O11. The molecule has 0 saturated carbocycles. The van der Waals surface area contributed by atoms with Crippen molar-refractivity contribution in [2.45, 2.75) is 56.3 Å². The van der Waals surface area contributed by atoms with Crippen LogP contribution in [0.15, 0.2) is 48.5 Å². The van der Waals surface area contributed by atoms with Crippen molar-refractivity contribution in [1.29, 1.82) is 0 Å². The standard InChI is InChI=1S/C27H32N4O11/c28-18(11-14-1-5-16(32)6-2-14)24(38)29-19(9-10-22(34)35)25(39)30-20(13-23(36)37)26(40)31-21(27(41)42)12-15-3-7-17(33)8-4-15/h1-8,18-21,32-33H,9-13,28H2,(H,29,38)(H,30,39)(H,31,40)(H,34,35)(H,36,37)(H,41,42). The lowest BCUT2D eigenvalue weighted by Crippen LogP contribution is -2.57. The summed E-state index contributed by atoms with van der Waals surface area (Å²) in [6, 6.07) is 5.26. The molecule has 42 heavy (non-hydrogen) atoms. The average molecular weight is 589 g/mol. The number of aliphatic carboxylic acids is 3. The topological polar surface area (TPSA) is 266 Å². The van der Waals surface area contributed by atoms with Crippen LogP contribution >= 0.6 is 0 Å². The maximum Gasteiger partial charge on any atom is 0.326 e. The zero-order chi connectivity index (χ0) is 31.4. The summed E-state index contributed by atoms with van der Waals surface area (Å²) in [4.78, 5) is 73.0. The molecule has 0 bridgehead atoms. The Kier molecular flexibility index (Phi) is 12.2. The van der Waals surface area contributed by atoms with Gasteiger partial charge in [0.2, 0.25) is 17.7 Å². The van der Waals surface area contributed by atoms with Crippen LogP contribution < -0.4 is 21.7 Å². The van der Waals surface area contributed by atoms with Crippen LogP contribution in [0.1, 0.15) is 30.4 Å². The minimum atomic E-state index is -1.79. The van der Waals surface area contributed by atoms with Gasteiger partial charge in [0.1, 0.15) is 29.6 Å². The third-order valence-corrected chi connectivity index (χ3v) is 6.01. The minimum absolute atomic E-state index is 0.00103. The molecule has 2 aromatic rings. The van der Waals surface area contributed by atoms with Crippen LogP contribution in [0.4, 0.5) is 0 Å². The van der Waals surface area contributed by atoms with Gasteiger partial charge in [-0.15, -0.1) is 0 Å². The van der Waals surface area contributed by atoms with Gasteiger partial charge in [-0.1, -0.05) is 24.3 Å². The molecule has 0 aliphatic heterocycles. The second-order valence-corrected chi connectivity index (χ2v) is 9.40. The van der Waals surface area contributed by atoms with Crippen molar-refractivity contribution in [2.75, 3.05) is 0 Å². The summed E-state index contributed by atoms with van der Waals surface area (Å²) >= 11 is 0. The highest BCUT2D eigenvalue weighted by molar-refractivity contribution is 5.95. The summed E-state index contributed by atoms with van der Waals surface area (Å²) < 4.78 is 0. The number of benzene rings is 2. The fourth-order valence-electron chi connectivity index (χ4n) is 3.79. The normalized spacial score (nSPS) is 13.5. The Balaban J connectivity index is 2.15. The SMILES string of the molecule is NC(Cc1ccc(O)cc1)C(=O)NC(CCC(=O)O)C(=O)NC(CC(=O)O)C(=O)NC(Cc1ccc(O)cc1)C(=O)O. The van der Waals surface area contributed by atoms with Gasteiger partial charge in [-0.05, 0) is 48.2 Å². The first-order chi connectivity index (χ1) is 19.7. The van der Waals surface area contributed by atoms with Gasteiger partial charge >= 0.3 is 17.9 Å². The Morgan fingerprint density at radius 3 is 1.55 bits per heavy atom. The van der Waals surface area contributed by atoms with Gasteiger partial charge in [-0.2, -0.15) is 0 Å². The fraction of sp³-hybridized carbons (Fsp3) is 0.333. The molecule has 0 aromatic heterocycles. The van der Waals surface area contributed by atoms with Crippen LogP contribution in [0.2, 0.25) is 0 Å². The third kappa shape index (κ3) is 11.1. The van der Waals surface area contributed by atoms with Crippen molar-refractivity contribution in [2.24, 2.45) is 5.73 Å². The number of rotatable bonds is 16. The van der Waals surface area contributed by atoms with Crippen molar-refractivity contribution >= 4 is 35.6 Å². The highest BCUT2D eigenvalue weighted by Gasteiger charge is 2.32. The van der Waals surface area contributed by atoms with Crippen LogP contribution in [-0.4, -0.2) is 85.3 Å². The fourth-order valence-corrected chi connectivity index (χ4v) is 3.79. The number of carbonyl (C=O) groups is 6. The van der Waals surface area contributed by atoms with Crippen molar-refractivity contribution in [1.82, 2.24) is 16.0 Å². The molecule has 226 valence electrons. The van der Waals surface area contributed by atoms with Gasteiger partial charge in [0.15, 0.2) is 0 Å². The number of carboxylic acid groups (broad SMARTS) is 3. The van der Waals surface area contributed by atoms with Gasteiger partial charge in [0.05, 0.1) is 12.5 Å². The number of amides is 3. The number of hydrogen-bond acceptors (Lipinski definition) is 9. The zero-order valence-corrected chi connectivity index (χ0v) is 22.2. The monoisotopic (exact) mass is 588 g/mol. The minimum Gasteiger partial charge on any atom is -0.508 e. The van der Waals surface area contributed by atoms with E-state index >= 15 is 0 Å². The molecule has 0 saturated heterocycles. The summed E-state index contributed by atoms with van der Waals surface area (Å²) in [6.07, 6.45) is -2.19. The first kappa shape index (κ1) is 33.0. The first-order valence-corrected chi connectivity index (χ1v) is 12.6. The number of nitrogens with two attached hydrogens (primary N) is 1. The molecule has 10 N–H and O–H groups in total. The highest BCUT2D eigenvalue weighted by Crippen LogP contribution is 2.13. The van der Waals surface area contributed by atoms with E-state index in [1.807, 2.05) is 0 Å². The number of carbonyl (C=O) groups excluding carboxylic acids is 3. The molecule has 2 aromatic carbocycles. The van der Waals surface area contributed by atoms with Crippen LogP contribution in [0.5, 0.6) is 11.5 Å². The van der Waals surface area contributed by atoms with Crippen LogP contribution in [0.25, 0.3) is 0 Å².